The van der Waals surface area contributed by atoms with Crippen LogP contribution in [-0.2, 0) is 12.7 Å². The Kier molecular flexibility index (Phi) is 7.03. The summed E-state index contributed by atoms with van der Waals surface area (Å²) in [5.41, 5.74) is 0.0193. The lowest BCUT2D eigenvalue weighted by Crippen LogP contribution is -2.20. The Morgan fingerprint density at radius 2 is 1.61 bits per heavy atom. The summed E-state index contributed by atoms with van der Waals surface area (Å²) in [6.07, 6.45) is -8.89. The third kappa shape index (κ3) is 6.22. The van der Waals surface area contributed by atoms with Crippen LogP contribution in [0.5, 0.6) is 5.75 Å². The normalized spacial score (nSPS) is 11.9. The van der Waals surface area contributed by atoms with Crippen molar-refractivity contribution in [2.45, 2.75) is 19.1 Å². The summed E-state index contributed by atoms with van der Waals surface area (Å²) in [5, 5.41) is 16.3. The van der Waals surface area contributed by atoms with Crippen molar-refractivity contribution in [3.05, 3.63) is 95.4 Å². The molecule has 0 atom stereocenters. The second kappa shape index (κ2) is 10.1. The van der Waals surface area contributed by atoms with Gasteiger partial charge in [0.25, 0.3) is 0 Å². The van der Waals surface area contributed by atoms with E-state index in [0.29, 0.717) is 34.6 Å². The molecule has 0 saturated heterocycles. The first-order valence-electron chi connectivity index (χ1n) is 10.7. The van der Waals surface area contributed by atoms with Gasteiger partial charge in [0.15, 0.2) is 0 Å². The van der Waals surface area contributed by atoms with Gasteiger partial charge in [-0.15, -0.1) is 13.2 Å². The van der Waals surface area contributed by atoms with Crippen molar-refractivity contribution in [3.8, 4) is 22.7 Å². The molecule has 6 nitrogen and oxygen atoms in total. The minimum absolute atomic E-state index is 0.0416. The van der Waals surface area contributed by atoms with E-state index in [-0.39, 0.29) is 17.8 Å². The van der Waals surface area contributed by atoms with E-state index < -0.39 is 35.6 Å². The van der Waals surface area contributed by atoms with Gasteiger partial charge in [-0.3, -0.25) is 0 Å². The van der Waals surface area contributed by atoms with Crippen molar-refractivity contribution < 1.29 is 45.4 Å². The van der Waals surface area contributed by atoms with Crippen LogP contribution < -0.4 is 10.1 Å². The van der Waals surface area contributed by atoms with Crippen LogP contribution in [0, 0.1) is 5.82 Å². The molecule has 0 saturated carbocycles. The summed E-state index contributed by atoms with van der Waals surface area (Å²) in [5.74, 6) is -3.02. The monoisotopic (exact) mass is 539 g/mol. The molecule has 0 amide bonds. The van der Waals surface area contributed by atoms with Gasteiger partial charge in [0.2, 0.25) is 0 Å². The van der Waals surface area contributed by atoms with Gasteiger partial charge in [-0.1, -0.05) is 0 Å². The summed E-state index contributed by atoms with van der Waals surface area (Å²) in [7, 11) is 0. The summed E-state index contributed by atoms with van der Waals surface area (Å²) < 4.78 is 96.2. The average Bonchev–Trinajstić information content (AvgIpc) is 3.26. The minimum atomic E-state index is -5.31. The highest BCUT2D eigenvalue weighted by atomic mass is 19.4. The highest BCUT2D eigenvalue weighted by Crippen LogP contribution is 2.40. The fourth-order valence-electron chi connectivity index (χ4n) is 3.55. The van der Waals surface area contributed by atoms with E-state index in [0.717, 1.165) is 6.07 Å². The number of hydrogen-bond donors (Lipinski definition) is 2. The second-order valence-corrected chi connectivity index (χ2v) is 7.92. The number of anilines is 1. The van der Waals surface area contributed by atoms with Gasteiger partial charge in [0, 0.05) is 29.6 Å². The summed E-state index contributed by atoms with van der Waals surface area (Å²) in [6.45, 7) is -0.114. The highest BCUT2D eigenvalue weighted by molar-refractivity contribution is 5.87. The minimum Gasteiger partial charge on any atom is -0.478 e. The van der Waals surface area contributed by atoms with Gasteiger partial charge in [-0.2, -0.15) is 18.3 Å². The number of rotatable bonds is 7. The van der Waals surface area contributed by atoms with Gasteiger partial charge in [0.1, 0.15) is 11.6 Å². The Morgan fingerprint density at radius 1 is 0.947 bits per heavy atom. The van der Waals surface area contributed by atoms with E-state index in [9.17, 15) is 35.5 Å². The molecule has 3 aromatic carbocycles. The van der Waals surface area contributed by atoms with Crippen LogP contribution in [-0.4, -0.2) is 27.2 Å². The zero-order valence-electron chi connectivity index (χ0n) is 18.9. The molecule has 13 heteroatoms. The molecule has 0 unspecified atom stereocenters. The van der Waals surface area contributed by atoms with Crippen molar-refractivity contribution in [2.75, 3.05) is 5.32 Å². The van der Waals surface area contributed by atoms with E-state index in [1.807, 2.05) is 0 Å². The second-order valence-electron chi connectivity index (χ2n) is 7.92. The molecule has 4 rings (SSSR count). The largest absolute Gasteiger partial charge is 0.573 e. The fourth-order valence-corrected chi connectivity index (χ4v) is 3.55. The number of benzene rings is 3. The van der Waals surface area contributed by atoms with Crippen molar-refractivity contribution in [1.82, 2.24) is 9.78 Å². The maximum absolute atomic E-state index is 13.5. The summed E-state index contributed by atoms with van der Waals surface area (Å²) >= 11 is 0. The Hall–Kier alpha value is -4.55. The number of aromatic carboxylic acids is 1. The first-order valence-corrected chi connectivity index (χ1v) is 10.7. The van der Waals surface area contributed by atoms with Crippen molar-refractivity contribution in [1.29, 1.82) is 0 Å². The van der Waals surface area contributed by atoms with Crippen LogP contribution in [0.4, 0.5) is 36.4 Å². The number of carbonyl (C=O) groups is 1. The number of hydrogen-bond acceptors (Lipinski definition) is 4. The fraction of sp³-hybridized carbons (Fsp3) is 0.120. The lowest BCUT2D eigenvalue weighted by atomic mass is 10.1. The van der Waals surface area contributed by atoms with Crippen LogP contribution in [0.25, 0.3) is 16.9 Å². The Labute approximate surface area is 209 Å². The molecule has 2 N–H and O–H groups in total. The highest BCUT2D eigenvalue weighted by Gasteiger charge is 2.39. The summed E-state index contributed by atoms with van der Waals surface area (Å²) in [4.78, 5) is 11.1. The van der Waals surface area contributed by atoms with Crippen LogP contribution in [0.1, 0.15) is 21.5 Å². The molecule has 0 radical (unpaired) electrons. The maximum Gasteiger partial charge on any atom is 0.573 e. The molecule has 0 aliphatic rings. The Morgan fingerprint density at radius 3 is 2.18 bits per heavy atom. The number of carboxylic acids is 1. The molecule has 0 spiro atoms. The lowest BCUT2D eigenvalue weighted by molar-refractivity contribution is -0.276. The van der Waals surface area contributed by atoms with Crippen molar-refractivity contribution in [3.63, 3.8) is 0 Å². The number of carboxylic acid groups (broad SMARTS) is 1. The van der Waals surface area contributed by atoms with Gasteiger partial charge < -0.3 is 15.2 Å². The van der Waals surface area contributed by atoms with E-state index in [1.54, 1.807) is 0 Å². The van der Waals surface area contributed by atoms with E-state index >= 15 is 0 Å². The number of nitrogens with one attached hydrogen (secondary N) is 1. The van der Waals surface area contributed by atoms with Crippen LogP contribution >= 0.6 is 0 Å². The van der Waals surface area contributed by atoms with Gasteiger partial charge >= 0.3 is 18.5 Å². The summed E-state index contributed by atoms with van der Waals surface area (Å²) in [6, 6.07) is 13.1. The van der Waals surface area contributed by atoms with Gasteiger partial charge in [-0.25, -0.2) is 13.9 Å². The molecular formula is C25H16F7N3O3. The van der Waals surface area contributed by atoms with E-state index in [1.165, 1.54) is 59.4 Å². The molecule has 1 aromatic heterocycles. The number of halogens is 7. The van der Waals surface area contributed by atoms with Crippen molar-refractivity contribution >= 4 is 11.7 Å². The van der Waals surface area contributed by atoms with Crippen molar-refractivity contribution in [2.24, 2.45) is 0 Å². The zero-order chi connectivity index (χ0) is 27.7. The molecule has 0 aliphatic heterocycles. The van der Waals surface area contributed by atoms with Gasteiger partial charge in [-0.05, 0) is 66.7 Å². The third-order valence-electron chi connectivity index (χ3n) is 5.28. The smallest absolute Gasteiger partial charge is 0.478 e. The number of aromatic nitrogens is 2. The molecule has 0 bridgehead atoms. The molecule has 198 valence electrons. The lowest BCUT2D eigenvalue weighted by Gasteiger charge is -2.17. The average molecular weight is 539 g/mol. The zero-order valence-corrected chi connectivity index (χ0v) is 18.9. The topological polar surface area (TPSA) is 76.4 Å². The first kappa shape index (κ1) is 26.5. The Balaban J connectivity index is 1.67. The maximum atomic E-state index is 13.5. The number of nitrogens with zero attached hydrogens (tertiary/aromatic N) is 2. The van der Waals surface area contributed by atoms with E-state index in [2.05, 4.69) is 15.2 Å². The predicted octanol–water partition coefficient (Wildman–Crippen LogP) is 6.91. The molecule has 38 heavy (non-hydrogen) atoms. The molecule has 1 heterocycles. The number of ether oxygens (including phenoxy) is 1. The molecule has 0 fully saturated rings. The standard InChI is InChI=1S/C25H16F7N3O3/c26-17-5-1-14(2-6-17)22-16(13-35(34-22)19-8-3-15(4-9-19)23(36)37)12-33-18-7-10-21(38-25(30,31)32)20(11-18)24(27,28)29/h1-11,13,33H,12H2,(H,36,37). The van der Waals surface area contributed by atoms with E-state index in [4.69, 9.17) is 5.11 Å². The third-order valence-corrected chi connectivity index (χ3v) is 5.28. The van der Waals surface area contributed by atoms with Crippen LogP contribution in [0.15, 0.2) is 72.9 Å². The predicted molar refractivity (Wildman–Crippen MR) is 121 cm³/mol. The first-order chi connectivity index (χ1) is 17.8. The Bertz CT molecular complexity index is 1450. The van der Waals surface area contributed by atoms with Crippen LogP contribution in [0.2, 0.25) is 0 Å². The van der Waals surface area contributed by atoms with Gasteiger partial charge in [0.05, 0.1) is 22.5 Å². The van der Waals surface area contributed by atoms with Crippen LogP contribution in [0.3, 0.4) is 0 Å². The molecule has 0 aliphatic carbocycles. The molecule has 4 aromatic rings. The number of alkyl halides is 6. The quantitative estimate of drug-likeness (QED) is 0.250. The molecular weight excluding hydrogens is 523 g/mol. The SMILES string of the molecule is O=C(O)c1ccc(-n2cc(CNc3ccc(OC(F)(F)F)c(C(F)(F)F)c3)c(-c3ccc(F)cc3)n2)cc1.